The van der Waals surface area contributed by atoms with Gasteiger partial charge in [-0.1, -0.05) is 31.2 Å². The van der Waals surface area contributed by atoms with Gasteiger partial charge >= 0.3 is 0 Å². The number of hydrogen-bond donors (Lipinski definition) is 1. The molecule has 0 fully saturated rings. The van der Waals surface area contributed by atoms with Crippen LogP contribution in [0.15, 0.2) is 24.3 Å². The summed E-state index contributed by atoms with van der Waals surface area (Å²) in [5.41, 5.74) is 2.81. The number of fused-ring (bicyclic) bond motifs is 1. The highest BCUT2D eigenvalue weighted by Crippen LogP contribution is 2.26. The molecule has 0 saturated heterocycles. The van der Waals surface area contributed by atoms with Crippen LogP contribution in [0.2, 0.25) is 0 Å². The fourth-order valence-corrected chi connectivity index (χ4v) is 2.43. The van der Waals surface area contributed by atoms with Gasteiger partial charge in [-0.05, 0) is 23.8 Å². The lowest BCUT2D eigenvalue weighted by molar-refractivity contribution is 0.0427. The first-order chi connectivity index (χ1) is 8.31. The summed E-state index contributed by atoms with van der Waals surface area (Å²) in [6.07, 6.45) is 3.43. The Hall–Kier alpha value is -0.510. The normalized spacial score (nSPS) is 20.9. The van der Waals surface area contributed by atoms with Gasteiger partial charge in [0.15, 0.2) is 0 Å². The Bertz CT molecular complexity index is 356. The molecule has 0 aliphatic carbocycles. The molecule has 1 aliphatic rings. The molecule has 2 unspecified atom stereocenters. The summed E-state index contributed by atoms with van der Waals surface area (Å²) >= 11 is 1.89. The lowest BCUT2D eigenvalue weighted by Gasteiger charge is -2.26. The molecule has 0 saturated carbocycles. The molecule has 3 heteroatoms. The van der Waals surface area contributed by atoms with Crippen LogP contribution < -0.4 is 5.32 Å². The molecular formula is C14H21NOS. The first-order valence-electron chi connectivity index (χ1n) is 6.24. The SMILES string of the molecule is CSC(C)CNCC1OCCc2ccccc21. The van der Waals surface area contributed by atoms with Crippen molar-refractivity contribution in [1.82, 2.24) is 5.32 Å². The van der Waals surface area contributed by atoms with Crippen molar-refractivity contribution in [3.8, 4) is 0 Å². The van der Waals surface area contributed by atoms with Crippen LogP contribution in [-0.2, 0) is 11.2 Å². The minimum Gasteiger partial charge on any atom is -0.372 e. The maximum Gasteiger partial charge on any atom is 0.0952 e. The second-order valence-electron chi connectivity index (χ2n) is 4.51. The molecule has 2 atom stereocenters. The van der Waals surface area contributed by atoms with Crippen molar-refractivity contribution in [1.29, 1.82) is 0 Å². The number of ether oxygens (including phenoxy) is 1. The molecule has 2 rings (SSSR count). The first-order valence-corrected chi connectivity index (χ1v) is 7.53. The van der Waals surface area contributed by atoms with Gasteiger partial charge in [0.25, 0.3) is 0 Å². The van der Waals surface area contributed by atoms with Crippen LogP contribution in [0.1, 0.15) is 24.2 Å². The minimum absolute atomic E-state index is 0.231. The summed E-state index contributed by atoms with van der Waals surface area (Å²) in [6.45, 7) is 5.06. The Labute approximate surface area is 108 Å². The van der Waals surface area contributed by atoms with E-state index in [0.717, 1.165) is 26.1 Å². The largest absolute Gasteiger partial charge is 0.372 e. The average Bonchev–Trinajstić information content (AvgIpc) is 2.39. The highest BCUT2D eigenvalue weighted by Gasteiger charge is 2.19. The summed E-state index contributed by atoms with van der Waals surface area (Å²) in [5, 5.41) is 4.16. The molecule has 0 radical (unpaired) electrons. The van der Waals surface area contributed by atoms with E-state index in [1.54, 1.807) is 0 Å². The van der Waals surface area contributed by atoms with E-state index in [-0.39, 0.29) is 6.10 Å². The predicted molar refractivity (Wildman–Crippen MR) is 74.7 cm³/mol. The topological polar surface area (TPSA) is 21.3 Å². The van der Waals surface area contributed by atoms with E-state index >= 15 is 0 Å². The van der Waals surface area contributed by atoms with Crippen molar-refractivity contribution >= 4 is 11.8 Å². The summed E-state index contributed by atoms with van der Waals surface area (Å²) in [4.78, 5) is 0. The van der Waals surface area contributed by atoms with E-state index in [2.05, 4.69) is 42.8 Å². The second kappa shape index (κ2) is 6.43. The third-order valence-corrected chi connectivity index (χ3v) is 4.23. The molecule has 0 aromatic heterocycles. The van der Waals surface area contributed by atoms with Crippen LogP contribution in [0.4, 0.5) is 0 Å². The fraction of sp³-hybridized carbons (Fsp3) is 0.571. The van der Waals surface area contributed by atoms with Crippen molar-refractivity contribution in [3.63, 3.8) is 0 Å². The standard InChI is InChI=1S/C14H21NOS/c1-11(17-2)9-15-10-14-13-6-4-3-5-12(13)7-8-16-14/h3-6,11,14-15H,7-10H2,1-2H3. The molecule has 1 aliphatic heterocycles. The summed E-state index contributed by atoms with van der Waals surface area (Å²) in [6, 6.07) is 8.63. The molecule has 1 aromatic carbocycles. The molecule has 0 amide bonds. The molecule has 1 N–H and O–H groups in total. The quantitative estimate of drug-likeness (QED) is 0.869. The molecule has 1 aromatic rings. The van der Waals surface area contributed by atoms with Crippen LogP contribution in [0.3, 0.4) is 0 Å². The molecule has 1 heterocycles. The Morgan fingerprint density at radius 1 is 1.47 bits per heavy atom. The lowest BCUT2D eigenvalue weighted by atomic mass is 9.97. The highest BCUT2D eigenvalue weighted by molar-refractivity contribution is 7.99. The van der Waals surface area contributed by atoms with Gasteiger partial charge in [0.2, 0.25) is 0 Å². The van der Waals surface area contributed by atoms with Crippen molar-refractivity contribution in [2.24, 2.45) is 0 Å². The Morgan fingerprint density at radius 2 is 2.29 bits per heavy atom. The van der Waals surface area contributed by atoms with Crippen LogP contribution >= 0.6 is 11.8 Å². The number of rotatable bonds is 5. The zero-order valence-corrected chi connectivity index (χ0v) is 11.4. The predicted octanol–water partition coefficient (Wildman–Crippen LogP) is 2.64. The maximum atomic E-state index is 5.85. The van der Waals surface area contributed by atoms with Crippen LogP contribution in [0, 0.1) is 0 Å². The number of benzene rings is 1. The number of thioether (sulfide) groups is 1. The molecule has 0 spiro atoms. The van der Waals surface area contributed by atoms with Gasteiger partial charge in [0.1, 0.15) is 0 Å². The molecule has 2 nitrogen and oxygen atoms in total. The van der Waals surface area contributed by atoms with Crippen LogP contribution in [0.5, 0.6) is 0 Å². The van der Waals surface area contributed by atoms with E-state index in [0.29, 0.717) is 5.25 Å². The zero-order valence-electron chi connectivity index (χ0n) is 10.6. The van der Waals surface area contributed by atoms with E-state index in [4.69, 9.17) is 4.74 Å². The highest BCUT2D eigenvalue weighted by atomic mass is 32.2. The van der Waals surface area contributed by atoms with Crippen molar-refractivity contribution in [2.75, 3.05) is 26.0 Å². The second-order valence-corrected chi connectivity index (χ2v) is 5.79. The molecule has 94 valence electrons. The summed E-state index contributed by atoms with van der Waals surface area (Å²) in [5.74, 6) is 0. The van der Waals surface area contributed by atoms with Gasteiger partial charge in [0, 0.05) is 18.3 Å². The lowest BCUT2D eigenvalue weighted by Crippen LogP contribution is -2.31. The van der Waals surface area contributed by atoms with Gasteiger partial charge < -0.3 is 10.1 Å². The van der Waals surface area contributed by atoms with E-state index in [1.165, 1.54) is 11.1 Å². The van der Waals surface area contributed by atoms with E-state index in [1.807, 2.05) is 11.8 Å². The van der Waals surface area contributed by atoms with Crippen molar-refractivity contribution in [2.45, 2.75) is 24.7 Å². The minimum atomic E-state index is 0.231. The van der Waals surface area contributed by atoms with Gasteiger partial charge in [-0.25, -0.2) is 0 Å². The third-order valence-electron chi connectivity index (χ3n) is 3.26. The van der Waals surface area contributed by atoms with Gasteiger partial charge in [0.05, 0.1) is 12.7 Å². The smallest absolute Gasteiger partial charge is 0.0952 e. The van der Waals surface area contributed by atoms with Crippen LogP contribution in [0.25, 0.3) is 0 Å². The third kappa shape index (κ3) is 3.47. The van der Waals surface area contributed by atoms with Crippen LogP contribution in [-0.4, -0.2) is 31.2 Å². The fourth-order valence-electron chi connectivity index (χ4n) is 2.15. The Balaban J connectivity index is 1.90. The number of hydrogen-bond acceptors (Lipinski definition) is 3. The molecule has 17 heavy (non-hydrogen) atoms. The van der Waals surface area contributed by atoms with E-state index in [9.17, 15) is 0 Å². The van der Waals surface area contributed by atoms with Gasteiger partial charge in [-0.2, -0.15) is 11.8 Å². The average molecular weight is 251 g/mol. The molecular weight excluding hydrogens is 230 g/mol. The first kappa shape index (κ1) is 12.9. The number of nitrogens with one attached hydrogen (secondary N) is 1. The summed E-state index contributed by atoms with van der Waals surface area (Å²) < 4.78 is 5.85. The summed E-state index contributed by atoms with van der Waals surface area (Å²) in [7, 11) is 0. The maximum absolute atomic E-state index is 5.85. The van der Waals surface area contributed by atoms with Gasteiger partial charge in [-0.3, -0.25) is 0 Å². The van der Waals surface area contributed by atoms with E-state index < -0.39 is 0 Å². The van der Waals surface area contributed by atoms with Gasteiger partial charge in [-0.15, -0.1) is 0 Å². The zero-order chi connectivity index (χ0) is 12.1. The Morgan fingerprint density at radius 3 is 3.12 bits per heavy atom. The monoisotopic (exact) mass is 251 g/mol. The Kier molecular flexibility index (Phi) is 4.89. The van der Waals surface area contributed by atoms with Crippen molar-refractivity contribution < 1.29 is 4.74 Å². The van der Waals surface area contributed by atoms with Crippen molar-refractivity contribution in [3.05, 3.63) is 35.4 Å². The molecule has 0 bridgehead atoms.